The quantitative estimate of drug-likeness (QED) is 0.392. The Labute approximate surface area is 188 Å². The zero-order chi connectivity index (χ0) is 22.5. The summed E-state index contributed by atoms with van der Waals surface area (Å²) in [5, 5.41) is 14.5. The highest BCUT2D eigenvalue weighted by Crippen LogP contribution is 2.31. The number of rotatable bonds is 8. The van der Waals surface area contributed by atoms with Gasteiger partial charge in [-0.25, -0.2) is 0 Å². The van der Waals surface area contributed by atoms with E-state index in [0.29, 0.717) is 11.6 Å². The van der Waals surface area contributed by atoms with Gasteiger partial charge in [0.1, 0.15) is 5.75 Å². The molecule has 32 heavy (non-hydrogen) atoms. The molecule has 0 spiro atoms. The van der Waals surface area contributed by atoms with E-state index in [1.165, 1.54) is 17.7 Å². The average molecular weight is 436 g/mol. The van der Waals surface area contributed by atoms with Crippen LogP contribution in [0.3, 0.4) is 0 Å². The van der Waals surface area contributed by atoms with Gasteiger partial charge >= 0.3 is 0 Å². The van der Waals surface area contributed by atoms with Crippen LogP contribution in [0.4, 0.5) is 17.1 Å². The molecule has 1 aromatic heterocycles. The minimum Gasteiger partial charge on any atom is -0.440 e. The number of aromatic amines is 1. The molecule has 0 saturated carbocycles. The number of non-ortho nitro benzene ring substituents is 1. The molecule has 2 heterocycles. The fourth-order valence-electron chi connectivity index (χ4n) is 3.79. The molecule has 2 aromatic carbocycles. The van der Waals surface area contributed by atoms with E-state index in [9.17, 15) is 10.1 Å². The van der Waals surface area contributed by atoms with Crippen LogP contribution in [0.2, 0.25) is 0 Å². The number of nitrogens with zero attached hydrogens (tertiary/aromatic N) is 3. The number of aromatic nitrogens is 1. The highest BCUT2D eigenvalue weighted by molar-refractivity contribution is 5.61. The summed E-state index contributed by atoms with van der Waals surface area (Å²) in [5.74, 6) is 1.01. The summed E-state index contributed by atoms with van der Waals surface area (Å²) >= 11 is 0. The first-order valence-electron chi connectivity index (χ1n) is 10.9. The monoisotopic (exact) mass is 435 g/mol. The van der Waals surface area contributed by atoms with Crippen molar-refractivity contribution in [2.75, 3.05) is 38.5 Å². The van der Waals surface area contributed by atoms with E-state index in [-0.39, 0.29) is 5.69 Å². The van der Waals surface area contributed by atoms with Gasteiger partial charge in [-0.15, -0.1) is 0 Å². The zero-order valence-corrected chi connectivity index (χ0v) is 18.5. The molecule has 1 aliphatic heterocycles. The van der Waals surface area contributed by atoms with E-state index >= 15 is 0 Å². The summed E-state index contributed by atoms with van der Waals surface area (Å²) in [5.41, 5.74) is 4.07. The summed E-state index contributed by atoms with van der Waals surface area (Å²) in [6, 6.07) is 15.0. The summed E-state index contributed by atoms with van der Waals surface area (Å²) in [4.78, 5) is 18.6. The third kappa shape index (κ3) is 5.46. The molecule has 4 rings (SSSR count). The third-order valence-corrected chi connectivity index (χ3v) is 5.76. The van der Waals surface area contributed by atoms with Crippen molar-refractivity contribution in [1.82, 2.24) is 14.8 Å². The predicted molar refractivity (Wildman–Crippen MR) is 126 cm³/mol. The lowest BCUT2D eigenvalue weighted by atomic mass is 10.1. The Morgan fingerprint density at radius 1 is 1.06 bits per heavy atom. The Balaban J connectivity index is 1.37. The number of hydrogen-bond acceptors (Lipinski definition) is 6. The second-order valence-electron chi connectivity index (χ2n) is 8.16. The number of piperazine rings is 1. The molecular weight excluding hydrogens is 406 g/mol. The van der Waals surface area contributed by atoms with Crippen molar-refractivity contribution in [2.45, 2.75) is 19.9 Å². The number of nitro benzene ring substituents is 1. The van der Waals surface area contributed by atoms with Gasteiger partial charge in [-0.1, -0.05) is 19.1 Å². The molecule has 0 atom stereocenters. The van der Waals surface area contributed by atoms with Crippen molar-refractivity contribution in [3.05, 3.63) is 76.0 Å². The molecular formula is C24H29N5O3. The van der Waals surface area contributed by atoms with E-state index in [0.717, 1.165) is 56.1 Å². The van der Waals surface area contributed by atoms with Gasteiger partial charge in [-0.3, -0.25) is 15.0 Å². The Morgan fingerprint density at radius 3 is 2.50 bits per heavy atom. The van der Waals surface area contributed by atoms with Crippen LogP contribution in [0, 0.1) is 10.1 Å². The second-order valence-corrected chi connectivity index (χ2v) is 8.16. The maximum Gasteiger partial charge on any atom is 0.273 e. The topological polar surface area (TPSA) is 86.7 Å². The molecule has 0 amide bonds. The minimum atomic E-state index is -0.415. The smallest absolute Gasteiger partial charge is 0.273 e. The molecule has 8 heteroatoms. The van der Waals surface area contributed by atoms with E-state index < -0.39 is 4.92 Å². The Kier molecular flexibility index (Phi) is 6.72. The highest BCUT2D eigenvalue weighted by Gasteiger charge is 2.14. The number of hydrogen-bond donors (Lipinski definition) is 2. The lowest BCUT2D eigenvalue weighted by Crippen LogP contribution is -2.43. The van der Waals surface area contributed by atoms with Crippen molar-refractivity contribution in [2.24, 2.45) is 0 Å². The fraction of sp³-hybridized carbons (Fsp3) is 0.333. The number of ether oxygens (including phenoxy) is 1. The van der Waals surface area contributed by atoms with Crippen LogP contribution in [0.5, 0.6) is 11.6 Å². The van der Waals surface area contributed by atoms with Gasteiger partial charge in [0.05, 0.1) is 16.7 Å². The minimum absolute atomic E-state index is 0.0127. The van der Waals surface area contributed by atoms with Gasteiger partial charge in [0.2, 0.25) is 0 Å². The first-order valence-corrected chi connectivity index (χ1v) is 10.9. The van der Waals surface area contributed by atoms with Crippen LogP contribution in [0.15, 0.2) is 54.7 Å². The van der Waals surface area contributed by atoms with E-state index in [1.54, 1.807) is 6.07 Å². The first-order chi connectivity index (χ1) is 15.5. The molecule has 0 unspecified atom stereocenters. The van der Waals surface area contributed by atoms with Crippen LogP contribution >= 0.6 is 0 Å². The Hall–Kier alpha value is -3.36. The van der Waals surface area contributed by atoms with Crippen LogP contribution in [0.1, 0.15) is 18.1 Å². The van der Waals surface area contributed by atoms with Gasteiger partial charge in [0, 0.05) is 56.7 Å². The van der Waals surface area contributed by atoms with Crippen molar-refractivity contribution < 1.29 is 9.66 Å². The lowest BCUT2D eigenvalue weighted by Gasteiger charge is -2.32. The van der Waals surface area contributed by atoms with Crippen LogP contribution < -0.4 is 10.1 Å². The van der Waals surface area contributed by atoms with Crippen molar-refractivity contribution >= 4 is 17.1 Å². The van der Waals surface area contributed by atoms with Crippen molar-refractivity contribution in [3.8, 4) is 11.6 Å². The van der Waals surface area contributed by atoms with E-state index in [1.807, 2.05) is 19.2 Å². The Morgan fingerprint density at radius 2 is 1.81 bits per heavy atom. The molecule has 0 aliphatic carbocycles. The number of nitrogens with one attached hydrogen (secondary N) is 2. The van der Waals surface area contributed by atoms with Crippen molar-refractivity contribution in [1.29, 1.82) is 0 Å². The average Bonchev–Trinajstić information content (AvgIpc) is 3.23. The summed E-state index contributed by atoms with van der Waals surface area (Å²) in [7, 11) is 2.17. The highest BCUT2D eigenvalue weighted by atomic mass is 16.6. The van der Waals surface area contributed by atoms with Crippen LogP contribution in [-0.4, -0.2) is 52.9 Å². The molecule has 2 N–H and O–H groups in total. The molecule has 0 bridgehead atoms. The van der Waals surface area contributed by atoms with Crippen LogP contribution in [-0.2, 0) is 13.0 Å². The van der Waals surface area contributed by atoms with Crippen molar-refractivity contribution in [3.63, 3.8) is 0 Å². The molecule has 3 aromatic rings. The zero-order valence-electron chi connectivity index (χ0n) is 18.5. The number of nitro groups is 1. The third-order valence-electron chi connectivity index (χ3n) is 5.76. The normalized spacial score (nSPS) is 14.9. The molecule has 1 saturated heterocycles. The molecule has 0 radical (unpaired) electrons. The molecule has 8 nitrogen and oxygen atoms in total. The van der Waals surface area contributed by atoms with Gasteiger partial charge in [-0.05, 0) is 42.8 Å². The summed E-state index contributed by atoms with van der Waals surface area (Å²) < 4.78 is 5.91. The fourth-order valence-corrected chi connectivity index (χ4v) is 3.79. The number of benzene rings is 2. The standard InChI is InChI=1S/C24H29N5O3/c1-3-19-6-9-22(29(30)31)15-23(19)32-24-14-21(16-25-24)26-20-7-4-18(5-8-20)17-28-12-10-27(2)11-13-28/h4-9,14-16,25-26H,3,10-13,17H2,1-2H3. The largest absolute Gasteiger partial charge is 0.440 e. The number of H-pyrrole nitrogens is 1. The number of aryl methyl sites for hydroxylation is 1. The maximum absolute atomic E-state index is 11.1. The van der Waals surface area contributed by atoms with E-state index in [4.69, 9.17) is 4.74 Å². The molecule has 1 aliphatic rings. The first kappa shape index (κ1) is 21.9. The van der Waals surface area contributed by atoms with Crippen LogP contribution in [0.25, 0.3) is 0 Å². The van der Waals surface area contributed by atoms with E-state index in [2.05, 4.69) is 51.4 Å². The Bertz CT molecular complexity index is 1060. The summed E-state index contributed by atoms with van der Waals surface area (Å²) in [6.07, 6.45) is 2.54. The maximum atomic E-state index is 11.1. The number of anilines is 2. The predicted octanol–water partition coefficient (Wildman–Crippen LogP) is 4.77. The lowest BCUT2D eigenvalue weighted by molar-refractivity contribution is -0.384. The molecule has 1 fully saturated rings. The van der Waals surface area contributed by atoms with Gasteiger partial charge in [0.15, 0.2) is 5.88 Å². The summed E-state index contributed by atoms with van der Waals surface area (Å²) in [6.45, 7) is 7.41. The van der Waals surface area contributed by atoms with Gasteiger partial charge < -0.3 is 19.9 Å². The van der Waals surface area contributed by atoms with Gasteiger partial charge in [-0.2, -0.15) is 0 Å². The van der Waals surface area contributed by atoms with Gasteiger partial charge in [0.25, 0.3) is 5.69 Å². The second kappa shape index (κ2) is 9.84. The molecule has 168 valence electrons. The SMILES string of the molecule is CCc1ccc([N+](=O)[O-])cc1Oc1cc(Nc2ccc(CN3CCN(C)CC3)cc2)c[nH]1. The number of likely N-dealkylation sites (N-methyl/N-ethyl adjacent to an activating group) is 1.